The van der Waals surface area contributed by atoms with E-state index < -0.39 is 0 Å². The number of carbonyl (C=O) groups excluding carboxylic acids is 1. The van der Waals surface area contributed by atoms with Crippen molar-refractivity contribution in [2.45, 2.75) is 13.1 Å². The maximum absolute atomic E-state index is 13.8. The summed E-state index contributed by atoms with van der Waals surface area (Å²) in [5.41, 5.74) is 6.29. The van der Waals surface area contributed by atoms with E-state index in [1.54, 1.807) is 6.33 Å². The monoisotopic (exact) mass is 459 g/mol. The SMILES string of the molecule is O=C(c1cccc2ccccc12)N1CCN(Cc2cnc[nH]2)c2ccc(-c3ccncc3)cc2C1. The van der Waals surface area contributed by atoms with Crippen LogP contribution in [0.2, 0.25) is 0 Å². The fourth-order valence-electron chi connectivity index (χ4n) is 4.89. The Morgan fingerprint density at radius 3 is 2.60 bits per heavy atom. The van der Waals surface area contributed by atoms with E-state index in [0.717, 1.165) is 51.0 Å². The molecule has 5 aromatic rings. The number of benzene rings is 3. The van der Waals surface area contributed by atoms with E-state index in [4.69, 9.17) is 0 Å². The van der Waals surface area contributed by atoms with Crippen LogP contribution in [0.15, 0.2) is 97.7 Å². The van der Waals surface area contributed by atoms with E-state index in [-0.39, 0.29) is 5.91 Å². The van der Waals surface area contributed by atoms with Gasteiger partial charge < -0.3 is 14.8 Å². The number of hydrogen-bond acceptors (Lipinski definition) is 4. The Labute approximate surface area is 203 Å². The van der Waals surface area contributed by atoms with E-state index >= 15 is 0 Å². The van der Waals surface area contributed by atoms with Crippen LogP contribution in [0.4, 0.5) is 5.69 Å². The molecule has 3 aromatic carbocycles. The van der Waals surface area contributed by atoms with Crippen LogP contribution in [-0.2, 0) is 13.1 Å². The number of fused-ring (bicyclic) bond motifs is 2. The molecule has 6 heteroatoms. The summed E-state index contributed by atoms with van der Waals surface area (Å²) < 4.78 is 0. The van der Waals surface area contributed by atoms with E-state index in [2.05, 4.69) is 50.2 Å². The summed E-state index contributed by atoms with van der Waals surface area (Å²) in [6.45, 7) is 2.63. The second kappa shape index (κ2) is 9.06. The van der Waals surface area contributed by atoms with Crippen molar-refractivity contribution in [3.63, 3.8) is 0 Å². The number of aromatic nitrogens is 3. The van der Waals surface area contributed by atoms with Crippen LogP contribution in [0.5, 0.6) is 0 Å². The third-order valence-electron chi connectivity index (χ3n) is 6.66. The molecule has 35 heavy (non-hydrogen) atoms. The minimum atomic E-state index is 0.0606. The molecular weight excluding hydrogens is 434 g/mol. The predicted molar refractivity (Wildman–Crippen MR) is 138 cm³/mol. The number of imidazole rings is 1. The van der Waals surface area contributed by atoms with Crippen molar-refractivity contribution >= 4 is 22.4 Å². The van der Waals surface area contributed by atoms with E-state index in [0.29, 0.717) is 19.6 Å². The Bertz CT molecular complexity index is 1470. The predicted octanol–water partition coefficient (Wildman–Crippen LogP) is 5.29. The number of hydrogen-bond donors (Lipinski definition) is 1. The van der Waals surface area contributed by atoms with Crippen molar-refractivity contribution in [3.8, 4) is 11.1 Å². The zero-order valence-electron chi connectivity index (χ0n) is 19.3. The number of pyridine rings is 1. The quantitative estimate of drug-likeness (QED) is 0.397. The van der Waals surface area contributed by atoms with Crippen molar-refractivity contribution in [2.24, 2.45) is 0 Å². The molecule has 6 rings (SSSR count). The van der Waals surface area contributed by atoms with Crippen LogP contribution in [0.25, 0.3) is 21.9 Å². The molecule has 0 unspecified atom stereocenters. The first-order valence-electron chi connectivity index (χ1n) is 11.8. The minimum absolute atomic E-state index is 0.0606. The van der Waals surface area contributed by atoms with Gasteiger partial charge in [-0.15, -0.1) is 0 Å². The molecule has 2 aromatic heterocycles. The largest absolute Gasteiger partial charge is 0.364 e. The van der Waals surface area contributed by atoms with Gasteiger partial charge >= 0.3 is 0 Å². The first-order valence-corrected chi connectivity index (χ1v) is 11.8. The van der Waals surface area contributed by atoms with Crippen LogP contribution >= 0.6 is 0 Å². The number of rotatable bonds is 4. The molecule has 0 saturated heterocycles. The summed E-state index contributed by atoms with van der Waals surface area (Å²) in [6.07, 6.45) is 7.18. The molecule has 1 aliphatic rings. The van der Waals surface area contributed by atoms with Crippen LogP contribution in [0.1, 0.15) is 21.6 Å². The Morgan fingerprint density at radius 1 is 0.886 bits per heavy atom. The van der Waals surface area contributed by atoms with Gasteiger partial charge in [-0.05, 0) is 57.8 Å². The standard InChI is InChI=1S/C29H25N5O/c35-29(27-7-3-5-22-4-1-2-6-26(22)27)34-15-14-33(19-25-17-31-20-32-25)28-9-8-23(16-24(28)18-34)21-10-12-30-13-11-21/h1-13,16-17,20H,14-15,18-19H2,(H,31,32). The van der Waals surface area contributed by atoms with Gasteiger partial charge in [-0.3, -0.25) is 9.78 Å². The lowest BCUT2D eigenvalue weighted by Gasteiger charge is -2.24. The molecule has 172 valence electrons. The van der Waals surface area contributed by atoms with Gasteiger partial charge in [0.1, 0.15) is 0 Å². The van der Waals surface area contributed by atoms with Gasteiger partial charge in [0.25, 0.3) is 5.91 Å². The number of nitrogens with one attached hydrogen (secondary N) is 1. The van der Waals surface area contributed by atoms with Gasteiger partial charge in [0.05, 0.1) is 18.6 Å². The summed E-state index contributed by atoms with van der Waals surface area (Å²) in [7, 11) is 0. The molecule has 0 spiro atoms. The fraction of sp³-hybridized carbons (Fsp3) is 0.138. The zero-order valence-corrected chi connectivity index (χ0v) is 19.3. The lowest BCUT2D eigenvalue weighted by Crippen LogP contribution is -2.35. The molecule has 0 aliphatic carbocycles. The third kappa shape index (κ3) is 4.15. The molecular formula is C29H25N5O. The van der Waals surface area contributed by atoms with Crippen LogP contribution in [0, 0.1) is 0 Å². The number of carbonyl (C=O) groups is 1. The number of nitrogens with zero attached hydrogens (tertiary/aromatic N) is 4. The van der Waals surface area contributed by atoms with Crippen molar-refractivity contribution in [1.82, 2.24) is 19.9 Å². The molecule has 0 bridgehead atoms. The first-order chi connectivity index (χ1) is 17.3. The van der Waals surface area contributed by atoms with E-state index in [1.807, 2.05) is 66.0 Å². The first kappa shape index (κ1) is 21.1. The lowest BCUT2D eigenvalue weighted by atomic mass is 10.0. The molecule has 0 fully saturated rings. The zero-order chi connectivity index (χ0) is 23.6. The Kier molecular flexibility index (Phi) is 5.47. The second-order valence-corrected chi connectivity index (χ2v) is 8.83. The summed E-state index contributed by atoms with van der Waals surface area (Å²) >= 11 is 0. The van der Waals surface area contributed by atoms with Gasteiger partial charge in [-0.1, -0.05) is 42.5 Å². The summed E-state index contributed by atoms with van der Waals surface area (Å²) in [5, 5.41) is 2.07. The van der Waals surface area contributed by atoms with Crippen molar-refractivity contribution in [1.29, 1.82) is 0 Å². The highest BCUT2D eigenvalue weighted by Crippen LogP contribution is 2.32. The van der Waals surface area contributed by atoms with Gasteiger partial charge in [0, 0.05) is 49.5 Å². The van der Waals surface area contributed by atoms with E-state index in [1.165, 1.54) is 0 Å². The molecule has 6 nitrogen and oxygen atoms in total. The van der Waals surface area contributed by atoms with Crippen LogP contribution in [0.3, 0.4) is 0 Å². The number of amides is 1. The van der Waals surface area contributed by atoms with Crippen molar-refractivity contribution in [3.05, 3.63) is 115 Å². The highest BCUT2D eigenvalue weighted by atomic mass is 16.2. The summed E-state index contributed by atoms with van der Waals surface area (Å²) in [4.78, 5) is 29.7. The molecule has 0 radical (unpaired) electrons. The highest BCUT2D eigenvalue weighted by molar-refractivity contribution is 6.07. The average Bonchev–Trinajstić information content (AvgIpc) is 3.36. The average molecular weight is 460 g/mol. The third-order valence-corrected chi connectivity index (χ3v) is 6.66. The number of H-pyrrole nitrogens is 1. The molecule has 1 aliphatic heterocycles. The topological polar surface area (TPSA) is 65.1 Å². The molecule has 0 saturated carbocycles. The fourth-order valence-corrected chi connectivity index (χ4v) is 4.89. The Hall–Kier alpha value is -4.45. The second-order valence-electron chi connectivity index (χ2n) is 8.83. The van der Waals surface area contributed by atoms with Crippen molar-refractivity contribution < 1.29 is 4.79 Å². The van der Waals surface area contributed by atoms with Gasteiger partial charge in [-0.2, -0.15) is 0 Å². The Morgan fingerprint density at radius 2 is 1.74 bits per heavy atom. The normalized spacial score (nSPS) is 13.5. The molecule has 1 N–H and O–H groups in total. The van der Waals surface area contributed by atoms with Gasteiger partial charge in [-0.25, -0.2) is 4.98 Å². The maximum atomic E-state index is 13.8. The number of aromatic amines is 1. The molecule has 3 heterocycles. The van der Waals surface area contributed by atoms with Crippen molar-refractivity contribution in [2.75, 3.05) is 18.0 Å². The lowest BCUT2D eigenvalue weighted by molar-refractivity contribution is 0.0753. The maximum Gasteiger partial charge on any atom is 0.254 e. The highest BCUT2D eigenvalue weighted by Gasteiger charge is 2.25. The van der Waals surface area contributed by atoms with Gasteiger partial charge in [0.15, 0.2) is 0 Å². The molecule has 0 atom stereocenters. The number of anilines is 1. The Balaban J connectivity index is 1.39. The van der Waals surface area contributed by atoms with Crippen LogP contribution < -0.4 is 4.90 Å². The summed E-state index contributed by atoms with van der Waals surface area (Å²) in [5.74, 6) is 0.0606. The van der Waals surface area contributed by atoms with Gasteiger partial charge in [0.2, 0.25) is 0 Å². The minimum Gasteiger partial charge on any atom is -0.364 e. The van der Waals surface area contributed by atoms with E-state index in [9.17, 15) is 4.79 Å². The van der Waals surface area contributed by atoms with Crippen LogP contribution in [-0.4, -0.2) is 38.8 Å². The smallest absolute Gasteiger partial charge is 0.254 e. The molecule has 1 amide bonds. The summed E-state index contributed by atoms with van der Waals surface area (Å²) in [6, 6.07) is 24.6.